The van der Waals surface area contributed by atoms with Crippen molar-refractivity contribution in [2.75, 3.05) is 18.4 Å². The van der Waals surface area contributed by atoms with E-state index < -0.39 is 34.0 Å². The zero-order valence-corrected chi connectivity index (χ0v) is 26.5. The monoisotopic (exact) mass is 632 g/mol. The number of carboxylic acids is 1. The van der Waals surface area contributed by atoms with Gasteiger partial charge in [0.1, 0.15) is 17.2 Å². The quantitative estimate of drug-likeness (QED) is 0.171. The number of hydrogen-bond acceptors (Lipinski definition) is 7. The third-order valence-corrected chi connectivity index (χ3v) is 8.78. The Morgan fingerprint density at radius 3 is 2.48 bits per heavy atom. The molecule has 0 bridgehead atoms. The van der Waals surface area contributed by atoms with Gasteiger partial charge in [-0.25, -0.2) is 19.0 Å². The van der Waals surface area contributed by atoms with Crippen molar-refractivity contribution in [1.82, 2.24) is 24.6 Å². The largest absolute Gasteiger partial charge is 0.477 e. The van der Waals surface area contributed by atoms with E-state index >= 15 is 4.39 Å². The van der Waals surface area contributed by atoms with Crippen LogP contribution in [0.2, 0.25) is 0 Å². The summed E-state index contributed by atoms with van der Waals surface area (Å²) < 4.78 is 18.1. The molecule has 1 saturated heterocycles. The summed E-state index contributed by atoms with van der Waals surface area (Å²) in [6.07, 6.45) is 5.55. The number of aryl methyl sites for hydroxylation is 4. The van der Waals surface area contributed by atoms with E-state index in [1.54, 1.807) is 10.6 Å². The lowest BCUT2D eigenvalue weighted by Crippen LogP contribution is -2.45. The van der Waals surface area contributed by atoms with Crippen LogP contribution in [0.3, 0.4) is 0 Å². The van der Waals surface area contributed by atoms with Crippen molar-refractivity contribution in [3.8, 4) is 0 Å². The standard InChI is InChI=1S/C34H41FN6O5/c1-4-22-16-25(10-8-21(22)3)36-30-19-31(42)41(34(46)37-30)15-12-24(38-40-13-6-7-14-40)11-9-23-17-29-26(18-28(23)35)32(43)27(33(44)45)20-39(29)5-2/h8,10,16-20,24,36,38H,4-7,9,11-15H2,1-3H3,(H,37,46)(H,44,45). The summed E-state index contributed by atoms with van der Waals surface area (Å²) in [7, 11) is 0. The average molecular weight is 633 g/mol. The molecule has 1 atom stereocenters. The van der Waals surface area contributed by atoms with Gasteiger partial charge in [-0.1, -0.05) is 13.0 Å². The van der Waals surface area contributed by atoms with Gasteiger partial charge in [0.05, 0.1) is 5.52 Å². The molecule has 1 fully saturated rings. The molecule has 0 radical (unpaired) electrons. The Morgan fingerprint density at radius 1 is 1.04 bits per heavy atom. The van der Waals surface area contributed by atoms with Crippen LogP contribution in [0.1, 0.15) is 66.6 Å². The number of rotatable bonds is 13. The lowest BCUT2D eigenvalue weighted by molar-refractivity contribution is 0.0695. The van der Waals surface area contributed by atoms with E-state index in [1.165, 1.54) is 28.0 Å². The number of nitrogens with one attached hydrogen (secondary N) is 3. The topological polar surface area (TPSA) is 141 Å². The van der Waals surface area contributed by atoms with E-state index in [4.69, 9.17) is 0 Å². The summed E-state index contributed by atoms with van der Waals surface area (Å²) in [5.74, 6) is -1.61. The molecule has 2 aromatic heterocycles. The molecule has 11 nitrogen and oxygen atoms in total. The predicted molar refractivity (Wildman–Crippen MR) is 177 cm³/mol. The highest BCUT2D eigenvalue weighted by atomic mass is 19.1. The highest BCUT2D eigenvalue weighted by Gasteiger charge is 2.20. The number of fused-ring (bicyclic) bond motifs is 1. The number of nitrogens with zero attached hydrogens (tertiary/aromatic N) is 3. The van der Waals surface area contributed by atoms with Gasteiger partial charge < -0.3 is 15.0 Å². The van der Waals surface area contributed by atoms with Crippen molar-refractivity contribution in [2.24, 2.45) is 0 Å². The van der Waals surface area contributed by atoms with Gasteiger partial charge in [0.15, 0.2) is 0 Å². The highest BCUT2D eigenvalue weighted by molar-refractivity contribution is 5.92. The normalized spacial score (nSPS) is 14.2. The molecular formula is C34H41FN6O5. The Labute approximate surface area is 265 Å². The summed E-state index contributed by atoms with van der Waals surface area (Å²) in [6.45, 7) is 8.25. The molecule has 12 heteroatoms. The lowest BCUT2D eigenvalue weighted by atomic mass is 10.0. The Kier molecular flexibility index (Phi) is 10.2. The van der Waals surface area contributed by atoms with Crippen molar-refractivity contribution in [1.29, 1.82) is 0 Å². The van der Waals surface area contributed by atoms with Gasteiger partial charge in [-0.3, -0.25) is 24.6 Å². The molecule has 244 valence electrons. The smallest absolute Gasteiger partial charge is 0.341 e. The maximum Gasteiger partial charge on any atom is 0.341 e. The second-order valence-corrected chi connectivity index (χ2v) is 11.9. The molecule has 4 aromatic rings. The van der Waals surface area contributed by atoms with E-state index in [1.807, 2.05) is 32.0 Å². The first-order valence-electron chi connectivity index (χ1n) is 15.9. The third-order valence-electron chi connectivity index (χ3n) is 8.78. The van der Waals surface area contributed by atoms with Gasteiger partial charge in [0, 0.05) is 55.6 Å². The third kappa shape index (κ3) is 7.29. The summed E-state index contributed by atoms with van der Waals surface area (Å²) in [5.41, 5.74) is 5.47. The van der Waals surface area contributed by atoms with Crippen LogP contribution in [0.25, 0.3) is 10.9 Å². The molecule has 0 amide bonds. The number of aromatic amines is 1. The summed E-state index contributed by atoms with van der Waals surface area (Å²) in [4.78, 5) is 53.2. The van der Waals surface area contributed by atoms with E-state index in [0.717, 1.165) is 44.1 Å². The van der Waals surface area contributed by atoms with Crippen LogP contribution in [0, 0.1) is 12.7 Å². The zero-order valence-electron chi connectivity index (χ0n) is 26.5. The van der Waals surface area contributed by atoms with Gasteiger partial charge in [-0.15, -0.1) is 0 Å². The van der Waals surface area contributed by atoms with Gasteiger partial charge in [0.25, 0.3) is 5.56 Å². The minimum absolute atomic E-state index is 0.0273. The number of aromatic carboxylic acids is 1. The van der Waals surface area contributed by atoms with Crippen LogP contribution in [-0.4, -0.2) is 49.3 Å². The van der Waals surface area contributed by atoms with E-state index in [9.17, 15) is 24.3 Å². The Bertz CT molecular complexity index is 1890. The molecule has 1 aliphatic heterocycles. The number of halogens is 1. The van der Waals surface area contributed by atoms with Crippen molar-refractivity contribution in [3.63, 3.8) is 0 Å². The molecular weight excluding hydrogens is 591 g/mol. The summed E-state index contributed by atoms with van der Waals surface area (Å²) >= 11 is 0. The van der Waals surface area contributed by atoms with Crippen LogP contribution < -0.4 is 27.4 Å². The fraction of sp³-hybridized carbons (Fsp3) is 0.412. The maximum absolute atomic E-state index is 15.3. The average Bonchev–Trinajstić information content (AvgIpc) is 3.54. The van der Waals surface area contributed by atoms with Crippen LogP contribution in [0.15, 0.2) is 57.0 Å². The molecule has 0 spiro atoms. The molecule has 0 aliphatic carbocycles. The van der Waals surface area contributed by atoms with Crippen LogP contribution in [0.5, 0.6) is 0 Å². The van der Waals surface area contributed by atoms with Crippen molar-refractivity contribution < 1.29 is 14.3 Å². The molecule has 0 saturated carbocycles. The molecule has 2 aromatic carbocycles. The van der Waals surface area contributed by atoms with E-state index in [0.29, 0.717) is 42.7 Å². The fourth-order valence-electron chi connectivity index (χ4n) is 6.14. The Morgan fingerprint density at radius 2 is 1.80 bits per heavy atom. The minimum atomic E-state index is -1.35. The first-order valence-corrected chi connectivity index (χ1v) is 15.9. The highest BCUT2D eigenvalue weighted by Crippen LogP contribution is 2.22. The number of carbonyl (C=O) groups is 1. The van der Waals surface area contributed by atoms with Gasteiger partial charge in [0.2, 0.25) is 5.43 Å². The molecule has 5 rings (SSSR count). The number of hydrazine groups is 1. The van der Waals surface area contributed by atoms with Gasteiger partial charge in [-0.2, -0.15) is 0 Å². The lowest BCUT2D eigenvalue weighted by Gasteiger charge is -2.26. The van der Waals surface area contributed by atoms with Gasteiger partial charge >= 0.3 is 11.7 Å². The number of hydrogen-bond donors (Lipinski definition) is 4. The SMILES string of the molecule is CCc1cc(Nc2cc(=O)n(CCC(CCc3cc4c(cc3F)c(=O)c(C(=O)O)cn4CC)NN3CCCC3)c(=O)[nH]2)ccc1C. The van der Waals surface area contributed by atoms with Crippen LogP contribution >= 0.6 is 0 Å². The second-order valence-electron chi connectivity index (χ2n) is 11.9. The minimum Gasteiger partial charge on any atom is -0.477 e. The van der Waals surface area contributed by atoms with Crippen molar-refractivity contribution in [2.45, 2.75) is 78.4 Å². The molecule has 3 heterocycles. The zero-order chi connectivity index (χ0) is 33.0. The van der Waals surface area contributed by atoms with E-state index in [-0.39, 0.29) is 18.0 Å². The number of aromatic nitrogens is 3. The fourth-order valence-corrected chi connectivity index (χ4v) is 6.14. The number of carboxylic acid groups (broad SMARTS) is 1. The molecule has 1 unspecified atom stereocenters. The van der Waals surface area contributed by atoms with Crippen LogP contribution in [-0.2, 0) is 25.9 Å². The van der Waals surface area contributed by atoms with Crippen molar-refractivity contribution >= 4 is 28.4 Å². The first kappa shape index (κ1) is 32.8. The molecule has 46 heavy (non-hydrogen) atoms. The maximum atomic E-state index is 15.3. The molecule has 4 N–H and O–H groups in total. The summed E-state index contributed by atoms with van der Waals surface area (Å²) in [6, 6.07) is 9.86. The number of benzene rings is 2. The predicted octanol–water partition coefficient (Wildman–Crippen LogP) is 4.32. The summed E-state index contributed by atoms with van der Waals surface area (Å²) in [5, 5.41) is 14.7. The van der Waals surface area contributed by atoms with Crippen molar-refractivity contribution in [3.05, 3.63) is 102 Å². The Balaban J connectivity index is 1.34. The number of pyridine rings is 1. The first-order chi connectivity index (χ1) is 22.1. The Hall–Kier alpha value is -4.55. The van der Waals surface area contributed by atoms with E-state index in [2.05, 4.69) is 27.7 Å². The number of H-pyrrole nitrogens is 1. The second kappa shape index (κ2) is 14.3. The molecule has 1 aliphatic rings. The van der Waals surface area contributed by atoms with Gasteiger partial charge in [-0.05, 0) is 93.3 Å². The van der Waals surface area contributed by atoms with Crippen LogP contribution in [0.4, 0.5) is 15.9 Å². The number of anilines is 2.